The fourth-order valence-electron chi connectivity index (χ4n) is 3.04. The third-order valence-corrected chi connectivity index (χ3v) is 4.37. The number of carbonyl (C=O) groups excluding carboxylic acids is 1. The molecule has 0 spiro atoms. The fourth-order valence-corrected chi connectivity index (χ4v) is 3.04. The molecule has 7 nitrogen and oxygen atoms in total. The van der Waals surface area contributed by atoms with E-state index in [1.165, 1.54) is 0 Å². The second-order valence-electron chi connectivity index (χ2n) is 6.27. The minimum atomic E-state index is -0.928. The molecule has 2 aromatic rings. The molecule has 128 valence electrons. The topological polar surface area (TPSA) is 104 Å². The van der Waals surface area contributed by atoms with Gasteiger partial charge in [-0.05, 0) is 37.6 Å². The van der Waals surface area contributed by atoms with Gasteiger partial charge in [-0.15, -0.1) is 0 Å². The van der Waals surface area contributed by atoms with Crippen LogP contribution in [-0.2, 0) is 4.79 Å². The first-order valence-corrected chi connectivity index (χ1v) is 8.25. The van der Waals surface area contributed by atoms with Crippen molar-refractivity contribution in [3.63, 3.8) is 0 Å². The first kappa shape index (κ1) is 16.6. The molecule has 0 saturated carbocycles. The zero-order chi connectivity index (χ0) is 17.0. The number of aliphatic hydroxyl groups is 1. The highest BCUT2D eigenvalue weighted by atomic mass is 16.3. The summed E-state index contributed by atoms with van der Waals surface area (Å²) in [5.74, 6) is -0.0663. The summed E-state index contributed by atoms with van der Waals surface area (Å²) in [5.41, 5.74) is 7.10. The number of hydrogen-bond donors (Lipinski definition) is 3. The lowest BCUT2D eigenvalue weighted by Gasteiger charge is -2.25. The highest BCUT2D eigenvalue weighted by Gasteiger charge is 2.37. The monoisotopic (exact) mass is 329 g/mol. The smallest absolute Gasteiger partial charge is 0.220 e. The highest BCUT2D eigenvalue weighted by molar-refractivity contribution is 5.87. The van der Waals surface area contributed by atoms with Crippen molar-refractivity contribution in [2.24, 2.45) is 5.73 Å². The van der Waals surface area contributed by atoms with Gasteiger partial charge in [0.2, 0.25) is 5.91 Å². The van der Waals surface area contributed by atoms with Gasteiger partial charge in [-0.2, -0.15) is 0 Å². The van der Waals surface area contributed by atoms with Crippen molar-refractivity contribution >= 4 is 22.6 Å². The molecule has 7 heteroatoms. The van der Waals surface area contributed by atoms with Crippen molar-refractivity contribution in [2.75, 3.05) is 31.1 Å². The Morgan fingerprint density at radius 1 is 1.38 bits per heavy atom. The molecule has 1 amide bonds. The van der Waals surface area contributed by atoms with E-state index >= 15 is 0 Å². The Balaban J connectivity index is 1.67. The van der Waals surface area contributed by atoms with E-state index in [1.54, 1.807) is 12.4 Å². The molecule has 0 aromatic carbocycles. The largest absolute Gasteiger partial charge is 0.386 e. The van der Waals surface area contributed by atoms with Gasteiger partial charge >= 0.3 is 0 Å². The molecule has 1 saturated heterocycles. The lowest BCUT2D eigenvalue weighted by atomic mass is 10.0. The van der Waals surface area contributed by atoms with Crippen LogP contribution in [0.2, 0.25) is 0 Å². The van der Waals surface area contributed by atoms with Gasteiger partial charge in [-0.3, -0.25) is 14.8 Å². The number of rotatable bonds is 6. The molecule has 1 fully saturated rings. The number of nitrogens with two attached hydrogens (primary N) is 1. The molecule has 0 unspecified atom stereocenters. The van der Waals surface area contributed by atoms with E-state index in [1.807, 2.05) is 18.2 Å². The number of pyridine rings is 2. The van der Waals surface area contributed by atoms with Crippen LogP contribution in [0.15, 0.2) is 30.6 Å². The highest BCUT2D eigenvalue weighted by Crippen LogP contribution is 2.30. The molecule has 3 heterocycles. The summed E-state index contributed by atoms with van der Waals surface area (Å²) in [7, 11) is 0. The lowest BCUT2D eigenvalue weighted by molar-refractivity contribution is -0.122. The van der Waals surface area contributed by atoms with E-state index in [0.29, 0.717) is 38.9 Å². The molecule has 0 bridgehead atoms. The number of fused-ring (bicyclic) bond motifs is 1. The Labute approximate surface area is 140 Å². The molecule has 0 radical (unpaired) electrons. The van der Waals surface area contributed by atoms with Crippen LogP contribution in [0.25, 0.3) is 11.0 Å². The first-order chi connectivity index (χ1) is 11.6. The van der Waals surface area contributed by atoms with Gasteiger partial charge in [-0.25, -0.2) is 0 Å². The van der Waals surface area contributed by atoms with Crippen LogP contribution in [0.1, 0.15) is 19.3 Å². The predicted molar refractivity (Wildman–Crippen MR) is 92.6 cm³/mol. The van der Waals surface area contributed by atoms with Gasteiger partial charge in [0.1, 0.15) is 11.1 Å². The van der Waals surface area contributed by atoms with Crippen molar-refractivity contribution in [3.05, 3.63) is 30.6 Å². The average Bonchev–Trinajstić information content (AvgIpc) is 3.00. The Kier molecular flexibility index (Phi) is 4.92. The van der Waals surface area contributed by atoms with Gasteiger partial charge in [-0.1, -0.05) is 0 Å². The van der Waals surface area contributed by atoms with Gasteiger partial charge in [0.05, 0.1) is 11.2 Å². The summed E-state index contributed by atoms with van der Waals surface area (Å²) in [5, 5.41) is 13.6. The number of hydrogen-bond acceptors (Lipinski definition) is 6. The third kappa shape index (κ3) is 3.63. The van der Waals surface area contributed by atoms with Crippen molar-refractivity contribution in [3.8, 4) is 0 Å². The minimum absolute atomic E-state index is 0.0663. The van der Waals surface area contributed by atoms with Crippen LogP contribution in [-0.4, -0.2) is 52.8 Å². The minimum Gasteiger partial charge on any atom is -0.386 e. The van der Waals surface area contributed by atoms with E-state index in [4.69, 9.17) is 5.73 Å². The molecule has 3 rings (SSSR count). The Morgan fingerprint density at radius 2 is 2.25 bits per heavy atom. The molecular weight excluding hydrogens is 306 g/mol. The SMILES string of the molecule is NCCCC(=O)NC[C@@]1(O)CCN(c2ccnc3cccnc23)C1. The van der Waals surface area contributed by atoms with E-state index in [-0.39, 0.29) is 12.5 Å². The van der Waals surface area contributed by atoms with E-state index in [2.05, 4.69) is 20.2 Å². The van der Waals surface area contributed by atoms with Crippen molar-refractivity contribution < 1.29 is 9.90 Å². The summed E-state index contributed by atoms with van der Waals surface area (Å²) >= 11 is 0. The van der Waals surface area contributed by atoms with Crippen LogP contribution in [0.4, 0.5) is 5.69 Å². The number of aromatic nitrogens is 2. The van der Waals surface area contributed by atoms with Crippen molar-refractivity contribution in [1.82, 2.24) is 15.3 Å². The van der Waals surface area contributed by atoms with Gasteiger partial charge in [0.15, 0.2) is 0 Å². The van der Waals surface area contributed by atoms with Gasteiger partial charge in [0, 0.05) is 38.4 Å². The van der Waals surface area contributed by atoms with Crippen molar-refractivity contribution in [2.45, 2.75) is 24.9 Å². The molecule has 4 N–H and O–H groups in total. The van der Waals surface area contributed by atoms with Crippen LogP contribution in [0.3, 0.4) is 0 Å². The fraction of sp³-hybridized carbons (Fsp3) is 0.471. The Hall–Kier alpha value is -2.25. The maximum atomic E-state index is 11.7. The van der Waals surface area contributed by atoms with Crippen LogP contribution in [0, 0.1) is 0 Å². The molecule has 2 aromatic heterocycles. The molecule has 24 heavy (non-hydrogen) atoms. The normalized spacial score (nSPS) is 20.5. The molecule has 1 atom stereocenters. The maximum Gasteiger partial charge on any atom is 0.220 e. The second-order valence-corrected chi connectivity index (χ2v) is 6.27. The van der Waals surface area contributed by atoms with Gasteiger partial charge < -0.3 is 21.1 Å². The van der Waals surface area contributed by atoms with Gasteiger partial charge in [0.25, 0.3) is 0 Å². The lowest BCUT2D eigenvalue weighted by Crippen LogP contribution is -2.45. The molecule has 1 aliphatic heterocycles. The zero-order valence-corrected chi connectivity index (χ0v) is 13.6. The number of nitrogens with one attached hydrogen (secondary N) is 1. The molecule has 0 aliphatic carbocycles. The standard InChI is InChI=1S/C17H23N5O2/c18-7-1-4-15(23)21-11-17(24)6-10-22(12-17)14-5-9-19-13-3-2-8-20-16(13)14/h2-3,5,8-9,24H,1,4,6-7,10-12,18H2,(H,21,23)/t17-/m0/s1. The van der Waals surface area contributed by atoms with Crippen molar-refractivity contribution in [1.29, 1.82) is 0 Å². The summed E-state index contributed by atoms with van der Waals surface area (Å²) in [6, 6.07) is 5.70. The first-order valence-electron chi connectivity index (χ1n) is 8.25. The Morgan fingerprint density at radius 3 is 3.08 bits per heavy atom. The number of amides is 1. The van der Waals surface area contributed by atoms with Crippen LogP contribution < -0.4 is 16.0 Å². The summed E-state index contributed by atoms with van der Waals surface area (Å²) in [6.07, 6.45) is 5.15. The van der Waals surface area contributed by atoms with E-state index in [0.717, 1.165) is 16.7 Å². The summed E-state index contributed by atoms with van der Waals surface area (Å²) in [4.78, 5) is 22.6. The number of nitrogens with zero attached hydrogens (tertiary/aromatic N) is 3. The zero-order valence-electron chi connectivity index (χ0n) is 13.6. The summed E-state index contributed by atoms with van der Waals surface area (Å²) < 4.78 is 0. The van der Waals surface area contributed by atoms with Crippen LogP contribution in [0.5, 0.6) is 0 Å². The Bertz CT molecular complexity index is 718. The number of anilines is 1. The van der Waals surface area contributed by atoms with E-state index < -0.39 is 5.60 Å². The molecule has 1 aliphatic rings. The molecular formula is C17H23N5O2. The van der Waals surface area contributed by atoms with Crippen LogP contribution >= 0.6 is 0 Å². The number of β-amino-alcohol motifs (C(OH)–C–C–N with tert-alkyl or cyclic N) is 1. The third-order valence-electron chi connectivity index (χ3n) is 4.37. The average molecular weight is 329 g/mol. The maximum absolute atomic E-state index is 11.7. The predicted octanol–water partition coefficient (Wildman–Crippen LogP) is 0.426. The quantitative estimate of drug-likeness (QED) is 0.710. The summed E-state index contributed by atoms with van der Waals surface area (Å²) in [6.45, 7) is 1.92. The van der Waals surface area contributed by atoms with E-state index in [9.17, 15) is 9.90 Å². The number of carbonyl (C=O) groups is 1. The second kappa shape index (κ2) is 7.11.